The predicted molar refractivity (Wildman–Crippen MR) is 106 cm³/mol. The lowest BCUT2D eigenvalue weighted by molar-refractivity contribution is 0.0214. The molecule has 0 amide bonds. The molecule has 156 valence electrons. The molecular formula is C20H20F2N6O2. The van der Waals surface area contributed by atoms with Gasteiger partial charge in [0, 0.05) is 25.2 Å². The summed E-state index contributed by atoms with van der Waals surface area (Å²) in [6.45, 7) is -0.0392. The number of hydrogen-bond donors (Lipinski definition) is 2. The number of ether oxygens (including phenoxy) is 2. The number of nitrogens with zero attached hydrogens (tertiary/aromatic N) is 4. The molecule has 3 aromatic rings. The monoisotopic (exact) mass is 414 g/mol. The first-order valence-electron chi connectivity index (χ1n) is 9.33. The molecule has 0 bridgehead atoms. The third kappa shape index (κ3) is 4.77. The van der Waals surface area contributed by atoms with Gasteiger partial charge in [-0.1, -0.05) is 0 Å². The molecule has 10 heteroatoms. The number of rotatable bonds is 7. The topological polar surface area (TPSA) is 94.1 Å². The lowest BCUT2D eigenvalue weighted by atomic mass is 10.2. The van der Waals surface area contributed by atoms with Crippen LogP contribution in [0, 0.1) is 0 Å². The van der Waals surface area contributed by atoms with Crippen molar-refractivity contribution < 1.29 is 18.3 Å². The normalized spacial score (nSPS) is 17.5. The Morgan fingerprint density at radius 2 is 1.97 bits per heavy atom. The summed E-state index contributed by atoms with van der Waals surface area (Å²) in [4.78, 5) is 16.8. The van der Waals surface area contributed by atoms with Crippen molar-refractivity contribution in [2.24, 2.45) is 0 Å². The van der Waals surface area contributed by atoms with E-state index in [-0.39, 0.29) is 31.4 Å². The van der Waals surface area contributed by atoms with Gasteiger partial charge < -0.3 is 20.1 Å². The summed E-state index contributed by atoms with van der Waals surface area (Å²) in [7, 11) is 1.58. The molecule has 0 spiro atoms. The molecule has 0 radical (unpaired) electrons. The minimum atomic E-state index is -2.69. The van der Waals surface area contributed by atoms with Crippen molar-refractivity contribution in [2.75, 3.05) is 25.5 Å². The Labute approximate surface area is 171 Å². The van der Waals surface area contributed by atoms with E-state index in [1.807, 2.05) is 0 Å². The van der Waals surface area contributed by atoms with E-state index in [2.05, 4.69) is 30.6 Å². The molecule has 30 heavy (non-hydrogen) atoms. The molecule has 0 aliphatic carbocycles. The largest absolute Gasteiger partial charge is 0.497 e. The van der Waals surface area contributed by atoms with E-state index in [1.54, 1.807) is 49.8 Å². The van der Waals surface area contributed by atoms with Crippen LogP contribution < -0.4 is 20.1 Å². The van der Waals surface area contributed by atoms with Gasteiger partial charge in [-0.05, 0) is 30.3 Å². The Morgan fingerprint density at radius 3 is 2.63 bits per heavy atom. The summed E-state index contributed by atoms with van der Waals surface area (Å²) < 4.78 is 38.0. The molecule has 4 rings (SSSR count). The van der Waals surface area contributed by atoms with Crippen LogP contribution in [0.15, 0.2) is 49.1 Å². The van der Waals surface area contributed by atoms with E-state index in [9.17, 15) is 8.78 Å². The summed E-state index contributed by atoms with van der Waals surface area (Å²) in [6, 6.07) is 8.33. The maximum atomic E-state index is 13.4. The van der Waals surface area contributed by atoms with Crippen molar-refractivity contribution in [3.63, 3.8) is 0 Å². The average Bonchev–Trinajstić information content (AvgIpc) is 3.12. The molecule has 8 nitrogen and oxygen atoms in total. The van der Waals surface area contributed by atoms with Gasteiger partial charge >= 0.3 is 0 Å². The number of anilines is 1. The number of aromatic nitrogens is 4. The van der Waals surface area contributed by atoms with Gasteiger partial charge in [0.15, 0.2) is 5.82 Å². The quantitative estimate of drug-likeness (QED) is 0.609. The Kier molecular flexibility index (Phi) is 5.66. The van der Waals surface area contributed by atoms with E-state index in [0.717, 1.165) is 0 Å². The van der Waals surface area contributed by atoms with Gasteiger partial charge in [-0.15, -0.1) is 0 Å². The summed E-state index contributed by atoms with van der Waals surface area (Å²) >= 11 is 0. The maximum Gasteiger partial charge on any atom is 0.261 e. The molecule has 1 aliphatic heterocycles. The standard InChI is InChI=1S/C20H20F2N6O2/c1-29-14-2-4-15(5-3-14)30-19-17(24-9-13-8-20(21,22)11-26-13)10-25-18(28-19)16-6-7-23-12-27-16/h2-7,10,12-13,24,26H,8-9,11H2,1H3/t13-/m0/s1. The van der Waals surface area contributed by atoms with Gasteiger partial charge in [0.05, 0.1) is 19.9 Å². The van der Waals surface area contributed by atoms with Crippen LogP contribution in [0.1, 0.15) is 6.42 Å². The van der Waals surface area contributed by atoms with Crippen molar-refractivity contribution in [1.29, 1.82) is 0 Å². The molecule has 2 N–H and O–H groups in total. The second-order valence-corrected chi connectivity index (χ2v) is 6.80. The van der Waals surface area contributed by atoms with Crippen molar-refractivity contribution >= 4 is 5.69 Å². The zero-order valence-corrected chi connectivity index (χ0v) is 16.2. The van der Waals surface area contributed by atoms with Crippen LogP contribution in [0.4, 0.5) is 14.5 Å². The Hall–Kier alpha value is -3.40. The average molecular weight is 414 g/mol. The highest BCUT2D eigenvalue weighted by Crippen LogP contribution is 2.31. The smallest absolute Gasteiger partial charge is 0.261 e. The minimum Gasteiger partial charge on any atom is -0.497 e. The van der Waals surface area contributed by atoms with Crippen LogP contribution in [0.25, 0.3) is 11.5 Å². The van der Waals surface area contributed by atoms with Crippen LogP contribution in [0.2, 0.25) is 0 Å². The molecule has 3 heterocycles. The van der Waals surface area contributed by atoms with Gasteiger partial charge in [-0.3, -0.25) is 0 Å². The van der Waals surface area contributed by atoms with E-state index >= 15 is 0 Å². The second-order valence-electron chi connectivity index (χ2n) is 6.80. The first kappa shape index (κ1) is 19.9. The van der Waals surface area contributed by atoms with Crippen molar-refractivity contribution in [3.8, 4) is 28.9 Å². The molecule has 1 saturated heterocycles. The van der Waals surface area contributed by atoms with Crippen molar-refractivity contribution in [2.45, 2.75) is 18.4 Å². The molecule has 1 aromatic carbocycles. The van der Waals surface area contributed by atoms with Gasteiger partial charge in [0.25, 0.3) is 5.92 Å². The van der Waals surface area contributed by atoms with Crippen molar-refractivity contribution in [1.82, 2.24) is 25.3 Å². The summed E-state index contributed by atoms with van der Waals surface area (Å²) in [5.74, 6) is -0.845. The number of methoxy groups -OCH3 is 1. The van der Waals surface area contributed by atoms with E-state index in [4.69, 9.17) is 9.47 Å². The van der Waals surface area contributed by atoms with E-state index < -0.39 is 5.92 Å². The summed E-state index contributed by atoms with van der Waals surface area (Å²) in [5.41, 5.74) is 1.02. The summed E-state index contributed by atoms with van der Waals surface area (Å²) in [6.07, 6.45) is 4.32. The Bertz CT molecular complexity index is 988. The predicted octanol–water partition coefficient (Wildman–Crippen LogP) is 3.14. The first-order valence-corrected chi connectivity index (χ1v) is 9.33. The van der Waals surface area contributed by atoms with Gasteiger partial charge in [0.2, 0.25) is 5.88 Å². The molecule has 1 fully saturated rings. The third-order valence-corrected chi connectivity index (χ3v) is 4.57. The van der Waals surface area contributed by atoms with Crippen molar-refractivity contribution in [3.05, 3.63) is 49.1 Å². The van der Waals surface area contributed by atoms with Crippen LogP contribution >= 0.6 is 0 Å². The maximum absolute atomic E-state index is 13.4. The Morgan fingerprint density at radius 1 is 1.17 bits per heavy atom. The highest BCUT2D eigenvalue weighted by atomic mass is 19.3. The Balaban J connectivity index is 1.57. The number of hydrogen-bond acceptors (Lipinski definition) is 8. The first-order chi connectivity index (χ1) is 14.5. The minimum absolute atomic E-state index is 0.228. The van der Waals surface area contributed by atoms with Gasteiger partial charge in [-0.2, -0.15) is 4.98 Å². The lowest BCUT2D eigenvalue weighted by Gasteiger charge is -2.16. The van der Waals surface area contributed by atoms with E-state index in [0.29, 0.717) is 28.7 Å². The SMILES string of the molecule is COc1ccc(Oc2nc(-c3ccncn3)ncc2NC[C@@H]2CC(F)(F)CN2)cc1. The fourth-order valence-electron chi connectivity index (χ4n) is 3.04. The van der Waals surface area contributed by atoms with Crippen LogP contribution in [0.3, 0.4) is 0 Å². The fourth-order valence-corrected chi connectivity index (χ4v) is 3.04. The summed E-state index contributed by atoms with van der Waals surface area (Å²) in [5, 5.41) is 5.92. The molecule has 1 atom stereocenters. The second kappa shape index (κ2) is 8.54. The number of alkyl halides is 2. The highest BCUT2D eigenvalue weighted by molar-refractivity contribution is 5.58. The molecule has 0 unspecified atom stereocenters. The molecule has 2 aromatic heterocycles. The number of benzene rings is 1. The van der Waals surface area contributed by atoms with Crippen LogP contribution in [0.5, 0.6) is 17.4 Å². The van der Waals surface area contributed by atoms with Gasteiger partial charge in [-0.25, -0.2) is 23.7 Å². The zero-order valence-electron chi connectivity index (χ0n) is 16.2. The third-order valence-electron chi connectivity index (χ3n) is 4.57. The molecule has 1 aliphatic rings. The fraction of sp³-hybridized carbons (Fsp3) is 0.300. The number of halogens is 2. The van der Waals surface area contributed by atoms with Gasteiger partial charge in [0.1, 0.15) is 29.2 Å². The lowest BCUT2D eigenvalue weighted by Crippen LogP contribution is -2.29. The molecule has 0 saturated carbocycles. The van der Waals surface area contributed by atoms with E-state index in [1.165, 1.54) is 6.33 Å². The zero-order chi connectivity index (χ0) is 21.0. The van der Waals surface area contributed by atoms with Crippen LogP contribution in [-0.4, -0.2) is 52.1 Å². The van der Waals surface area contributed by atoms with Crippen LogP contribution in [-0.2, 0) is 0 Å². The molecular weight excluding hydrogens is 394 g/mol. The highest BCUT2D eigenvalue weighted by Gasteiger charge is 2.39. The number of nitrogens with one attached hydrogen (secondary N) is 2.